The number of phenols is 1. The highest BCUT2D eigenvalue weighted by Crippen LogP contribution is 2.24. The molecule has 7 nitrogen and oxygen atoms in total. The first-order valence-electron chi connectivity index (χ1n) is 6.28. The minimum atomic E-state index is -1.25. The standard InChI is InChI=1S/C15H14N2O5/c1-22-13-5-3-2-4-11(13)17-15(21)16-9-6-7-10(14(19)20)12(18)8-9/h2-8,18H,1H3,(H,19,20)(H2,16,17,21). The largest absolute Gasteiger partial charge is 0.507 e. The van der Waals surface area contributed by atoms with E-state index in [9.17, 15) is 14.7 Å². The van der Waals surface area contributed by atoms with Crippen molar-refractivity contribution < 1.29 is 24.5 Å². The number of nitrogens with one attached hydrogen (secondary N) is 2. The first-order chi connectivity index (χ1) is 10.5. The zero-order valence-corrected chi connectivity index (χ0v) is 11.7. The van der Waals surface area contributed by atoms with Gasteiger partial charge in [0.05, 0.1) is 12.8 Å². The Balaban J connectivity index is 2.09. The van der Waals surface area contributed by atoms with E-state index in [-0.39, 0.29) is 11.3 Å². The molecule has 0 fully saturated rings. The smallest absolute Gasteiger partial charge is 0.339 e. The summed E-state index contributed by atoms with van der Waals surface area (Å²) in [6.45, 7) is 0. The Morgan fingerprint density at radius 3 is 2.45 bits per heavy atom. The monoisotopic (exact) mass is 302 g/mol. The van der Waals surface area contributed by atoms with Crippen LogP contribution < -0.4 is 15.4 Å². The summed E-state index contributed by atoms with van der Waals surface area (Å²) >= 11 is 0. The molecule has 2 aromatic carbocycles. The van der Waals surface area contributed by atoms with Crippen LogP contribution >= 0.6 is 0 Å². The van der Waals surface area contributed by atoms with E-state index in [0.29, 0.717) is 11.4 Å². The number of aromatic hydroxyl groups is 1. The van der Waals surface area contributed by atoms with Gasteiger partial charge in [0.1, 0.15) is 17.1 Å². The van der Waals surface area contributed by atoms with Crippen LogP contribution in [0, 0.1) is 0 Å². The van der Waals surface area contributed by atoms with E-state index in [1.807, 2.05) is 0 Å². The summed E-state index contributed by atoms with van der Waals surface area (Å²) in [6.07, 6.45) is 0. The SMILES string of the molecule is COc1ccccc1NC(=O)Nc1ccc(C(=O)O)c(O)c1. The molecule has 114 valence electrons. The molecule has 0 aromatic heterocycles. The van der Waals surface area contributed by atoms with Crippen LogP contribution in [-0.4, -0.2) is 29.3 Å². The Kier molecular flexibility index (Phi) is 4.47. The molecule has 2 aromatic rings. The molecule has 0 radical (unpaired) electrons. The molecule has 0 unspecified atom stereocenters. The number of urea groups is 1. The Bertz CT molecular complexity index is 715. The number of aromatic carboxylic acids is 1. The zero-order chi connectivity index (χ0) is 16.1. The van der Waals surface area contributed by atoms with Crippen molar-refractivity contribution in [2.24, 2.45) is 0 Å². The summed E-state index contributed by atoms with van der Waals surface area (Å²) in [7, 11) is 1.49. The van der Waals surface area contributed by atoms with Gasteiger partial charge in [0.2, 0.25) is 0 Å². The molecule has 0 aliphatic carbocycles. The molecule has 0 saturated carbocycles. The zero-order valence-electron chi connectivity index (χ0n) is 11.7. The molecule has 0 spiro atoms. The summed E-state index contributed by atoms with van der Waals surface area (Å²) in [6, 6.07) is 10.1. The van der Waals surface area contributed by atoms with Gasteiger partial charge in [-0.1, -0.05) is 12.1 Å². The maximum Gasteiger partial charge on any atom is 0.339 e. The van der Waals surface area contributed by atoms with Crippen molar-refractivity contribution >= 4 is 23.4 Å². The second-order valence-electron chi connectivity index (χ2n) is 4.32. The number of anilines is 2. The second-order valence-corrected chi connectivity index (χ2v) is 4.32. The van der Waals surface area contributed by atoms with E-state index < -0.39 is 17.7 Å². The summed E-state index contributed by atoms with van der Waals surface area (Å²) in [5.41, 5.74) is 0.500. The number of carbonyl (C=O) groups excluding carboxylic acids is 1. The van der Waals surface area contributed by atoms with Gasteiger partial charge in [0.15, 0.2) is 0 Å². The molecular weight excluding hydrogens is 288 g/mol. The topological polar surface area (TPSA) is 108 Å². The third kappa shape index (κ3) is 3.45. The molecule has 0 aliphatic rings. The lowest BCUT2D eigenvalue weighted by Crippen LogP contribution is -2.19. The van der Waals surface area contributed by atoms with E-state index in [1.165, 1.54) is 19.2 Å². The van der Waals surface area contributed by atoms with Crippen LogP contribution in [0.2, 0.25) is 0 Å². The van der Waals surface area contributed by atoms with Crippen LogP contribution in [0.5, 0.6) is 11.5 Å². The molecule has 0 atom stereocenters. The fourth-order valence-electron chi connectivity index (χ4n) is 1.82. The van der Waals surface area contributed by atoms with Gasteiger partial charge in [-0.25, -0.2) is 9.59 Å². The summed E-state index contributed by atoms with van der Waals surface area (Å²) in [4.78, 5) is 22.7. The van der Waals surface area contributed by atoms with E-state index in [0.717, 1.165) is 6.07 Å². The lowest BCUT2D eigenvalue weighted by Gasteiger charge is -2.11. The Hall–Kier alpha value is -3.22. The molecule has 0 saturated heterocycles. The number of hydrogen-bond acceptors (Lipinski definition) is 4. The molecular formula is C15H14N2O5. The third-order valence-electron chi connectivity index (χ3n) is 2.84. The molecule has 4 N–H and O–H groups in total. The molecule has 22 heavy (non-hydrogen) atoms. The van der Waals surface area contributed by atoms with Crippen molar-refractivity contribution in [1.82, 2.24) is 0 Å². The molecule has 0 aliphatic heterocycles. The molecule has 0 heterocycles. The molecule has 0 bridgehead atoms. The van der Waals surface area contributed by atoms with Crippen LogP contribution in [0.25, 0.3) is 0 Å². The van der Waals surface area contributed by atoms with Crippen LogP contribution in [0.3, 0.4) is 0 Å². The number of carbonyl (C=O) groups is 2. The van der Waals surface area contributed by atoms with Crippen molar-refractivity contribution in [3.63, 3.8) is 0 Å². The van der Waals surface area contributed by atoms with Gasteiger partial charge in [-0.15, -0.1) is 0 Å². The number of amides is 2. The minimum absolute atomic E-state index is 0.240. The number of carboxylic acid groups (broad SMARTS) is 1. The van der Waals surface area contributed by atoms with Crippen molar-refractivity contribution in [3.05, 3.63) is 48.0 Å². The molecule has 2 amide bonds. The Morgan fingerprint density at radius 2 is 1.82 bits per heavy atom. The Labute approximate surface area is 126 Å². The maximum absolute atomic E-state index is 11.9. The number of para-hydroxylation sites is 2. The number of carboxylic acids is 1. The number of rotatable bonds is 4. The average Bonchev–Trinajstić information content (AvgIpc) is 2.47. The van der Waals surface area contributed by atoms with Crippen LogP contribution in [0.15, 0.2) is 42.5 Å². The van der Waals surface area contributed by atoms with Gasteiger partial charge < -0.3 is 25.6 Å². The van der Waals surface area contributed by atoms with Crippen LogP contribution in [0.1, 0.15) is 10.4 Å². The number of ether oxygens (including phenoxy) is 1. The van der Waals surface area contributed by atoms with Gasteiger partial charge in [-0.05, 0) is 24.3 Å². The minimum Gasteiger partial charge on any atom is -0.507 e. The summed E-state index contributed by atoms with van der Waals surface area (Å²) < 4.78 is 5.11. The van der Waals surface area contributed by atoms with Crippen molar-refractivity contribution in [2.45, 2.75) is 0 Å². The highest BCUT2D eigenvalue weighted by molar-refractivity contribution is 6.01. The predicted molar refractivity (Wildman–Crippen MR) is 80.7 cm³/mol. The number of benzene rings is 2. The van der Waals surface area contributed by atoms with Crippen LogP contribution in [-0.2, 0) is 0 Å². The average molecular weight is 302 g/mol. The van der Waals surface area contributed by atoms with Crippen molar-refractivity contribution in [3.8, 4) is 11.5 Å². The van der Waals surface area contributed by atoms with Crippen molar-refractivity contribution in [2.75, 3.05) is 17.7 Å². The van der Waals surface area contributed by atoms with E-state index >= 15 is 0 Å². The predicted octanol–water partition coefficient (Wildman–Crippen LogP) is 2.74. The van der Waals surface area contributed by atoms with Gasteiger partial charge in [-0.2, -0.15) is 0 Å². The fraction of sp³-hybridized carbons (Fsp3) is 0.0667. The van der Waals surface area contributed by atoms with Gasteiger partial charge in [-0.3, -0.25) is 0 Å². The normalized spacial score (nSPS) is 9.86. The van der Waals surface area contributed by atoms with E-state index in [2.05, 4.69) is 10.6 Å². The first-order valence-corrected chi connectivity index (χ1v) is 6.28. The highest BCUT2D eigenvalue weighted by atomic mass is 16.5. The number of hydrogen-bond donors (Lipinski definition) is 4. The van der Waals surface area contributed by atoms with Crippen molar-refractivity contribution in [1.29, 1.82) is 0 Å². The maximum atomic E-state index is 11.9. The number of methoxy groups -OCH3 is 1. The van der Waals surface area contributed by atoms with E-state index in [4.69, 9.17) is 9.84 Å². The molecule has 2 rings (SSSR count). The third-order valence-corrected chi connectivity index (χ3v) is 2.84. The van der Waals surface area contributed by atoms with Gasteiger partial charge >= 0.3 is 12.0 Å². The quantitative estimate of drug-likeness (QED) is 0.694. The lowest BCUT2D eigenvalue weighted by molar-refractivity contribution is 0.0694. The first kappa shape index (κ1) is 15.2. The van der Waals surface area contributed by atoms with E-state index in [1.54, 1.807) is 24.3 Å². The summed E-state index contributed by atoms with van der Waals surface area (Å²) in [5, 5.41) is 23.5. The Morgan fingerprint density at radius 1 is 1.09 bits per heavy atom. The molecule has 7 heteroatoms. The lowest BCUT2D eigenvalue weighted by atomic mass is 10.2. The van der Waals surface area contributed by atoms with Crippen LogP contribution in [0.4, 0.5) is 16.2 Å². The van der Waals surface area contributed by atoms with Gasteiger partial charge in [0.25, 0.3) is 0 Å². The van der Waals surface area contributed by atoms with Gasteiger partial charge in [0, 0.05) is 11.8 Å². The fourth-order valence-corrected chi connectivity index (χ4v) is 1.82. The highest BCUT2D eigenvalue weighted by Gasteiger charge is 2.11. The summed E-state index contributed by atoms with van der Waals surface area (Å²) in [5.74, 6) is -1.17. The second kappa shape index (κ2) is 6.49.